The summed E-state index contributed by atoms with van der Waals surface area (Å²) in [6, 6.07) is 18.2. The van der Waals surface area contributed by atoms with E-state index in [-0.39, 0.29) is 20.1 Å². The number of benzene rings is 2. The van der Waals surface area contributed by atoms with E-state index >= 15 is 0 Å². The molecule has 2 atom stereocenters. The Hall–Kier alpha value is -1.02. The van der Waals surface area contributed by atoms with Gasteiger partial charge >= 0.3 is 0 Å². The second-order valence-electron chi connectivity index (χ2n) is 6.43. The van der Waals surface area contributed by atoms with Gasteiger partial charge in [0, 0.05) is 25.5 Å². The zero-order valence-electron chi connectivity index (χ0n) is 12.5. The van der Waals surface area contributed by atoms with Crippen molar-refractivity contribution in [3.05, 3.63) is 64.1 Å². The summed E-state index contributed by atoms with van der Waals surface area (Å²) in [5.41, 5.74) is 6.47. The summed E-state index contributed by atoms with van der Waals surface area (Å²) >= 11 is 3.58. The van der Waals surface area contributed by atoms with Gasteiger partial charge in [0.05, 0.1) is 5.52 Å². The molecule has 1 heterocycles. The third-order valence-corrected chi connectivity index (χ3v) is 5.73. The normalized spacial score (nSPS) is 21.3. The molecule has 1 saturated carbocycles. The number of pyridine rings is 1. The van der Waals surface area contributed by atoms with E-state index in [0.29, 0.717) is 5.92 Å². The van der Waals surface area contributed by atoms with E-state index in [1.54, 1.807) is 5.56 Å². The number of para-hydroxylation sites is 1. The van der Waals surface area contributed by atoms with Crippen LogP contribution in [0.2, 0.25) is 0 Å². The summed E-state index contributed by atoms with van der Waals surface area (Å²) in [5.74, 6) is 1.43. The summed E-state index contributed by atoms with van der Waals surface area (Å²) in [6.45, 7) is 0. The minimum Gasteiger partial charge on any atom is -0.296 e. The van der Waals surface area contributed by atoms with Gasteiger partial charge < -0.3 is 0 Å². The number of fused-ring (bicyclic) bond motifs is 7. The maximum absolute atomic E-state index is 5.02. The average molecular weight is 541 g/mol. The second-order valence-corrected chi connectivity index (χ2v) is 7.35. The first-order valence-electron chi connectivity index (χ1n) is 7.91. The van der Waals surface area contributed by atoms with E-state index in [4.69, 9.17) is 4.98 Å². The topological polar surface area (TPSA) is 12.9 Å². The van der Waals surface area contributed by atoms with Crippen LogP contribution in [0.25, 0.3) is 22.2 Å². The Morgan fingerprint density at radius 3 is 2.65 bits per heavy atom. The molecule has 2 aromatic carbocycles. The number of hydrogen-bond donors (Lipinski definition) is 0. The molecule has 0 N–H and O–H groups in total. The Morgan fingerprint density at radius 1 is 1.04 bits per heavy atom. The predicted octanol–water partition coefficient (Wildman–Crippen LogP) is 5.83. The van der Waals surface area contributed by atoms with Crippen LogP contribution in [0.15, 0.2) is 46.9 Å². The van der Waals surface area contributed by atoms with E-state index < -0.39 is 0 Å². The van der Waals surface area contributed by atoms with Crippen molar-refractivity contribution >= 4 is 26.8 Å². The van der Waals surface area contributed by atoms with Crippen LogP contribution < -0.4 is 0 Å². The Labute approximate surface area is 158 Å². The average Bonchev–Trinajstić information content (AvgIpc) is 3.16. The first-order chi connectivity index (χ1) is 10.8. The molecule has 0 aliphatic heterocycles. The first-order valence-corrected chi connectivity index (χ1v) is 8.70. The Bertz CT molecular complexity index is 905. The van der Waals surface area contributed by atoms with Gasteiger partial charge in [-0.3, -0.25) is 4.98 Å². The zero-order valence-corrected chi connectivity index (χ0v) is 16.5. The van der Waals surface area contributed by atoms with Gasteiger partial charge in [-0.1, -0.05) is 44.2 Å². The molecule has 2 aliphatic carbocycles. The van der Waals surface area contributed by atoms with Crippen molar-refractivity contribution in [2.24, 2.45) is 0 Å². The maximum atomic E-state index is 5.02. The molecule has 3 aromatic rings. The molecule has 2 aliphatic rings. The van der Waals surface area contributed by atoms with E-state index in [2.05, 4.69) is 52.3 Å². The Balaban J connectivity index is 0.00000135. The fourth-order valence-corrected chi connectivity index (χ4v) is 4.75. The number of halogens is 1. The molecular weight excluding hydrogens is 526 g/mol. The van der Waals surface area contributed by atoms with Crippen molar-refractivity contribution in [1.82, 2.24) is 4.98 Å². The first kappa shape index (κ1) is 15.5. The quantitative estimate of drug-likeness (QED) is 0.354. The molecule has 117 valence electrons. The monoisotopic (exact) mass is 541 g/mol. The van der Waals surface area contributed by atoms with Crippen LogP contribution in [0.3, 0.4) is 0 Å². The largest absolute Gasteiger partial charge is 0.296 e. The molecule has 5 rings (SSSR count). The number of aromatic nitrogens is 1. The van der Waals surface area contributed by atoms with Crippen LogP contribution in [0, 0.1) is 6.07 Å². The molecule has 2 bridgehead atoms. The van der Waals surface area contributed by atoms with Crippen molar-refractivity contribution in [3.8, 4) is 11.3 Å². The molecular formula is C20H15BrIrN-. The van der Waals surface area contributed by atoms with Gasteiger partial charge in [0.15, 0.2) is 0 Å². The smallest absolute Gasteiger partial charge is 0.0598 e. The summed E-state index contributed by atoms with van der Waals surface area (Å²) < 4.78 is 1.09. The minimum atomic E-state index is 0. The molecule has 1 aromatic heterocycles. The van der Waals surface area contributed by atoms with Gasteiger partial charge in [-0.25, -0.2) is 0 Å². The van der Waals surface area contributed by atoms with Crippen molar-refractivity contribution in [2.45, 2.75) is 31.1 Å². The van der Waals surface area contributed by atoms with Crippen LogP contribution in [-0.4, -0.2) is 4.98 Å². The van der Waals surface area contributed by atoms with Crippen molar-refractivity contribution in [2.75, 3.05) is 0 Å². The zero-order chi connectivity index (χ0) is 14.7. The summed E-state index contributed by atoms with van der Waals surface area (Å²) in [7, 11) is 0. The second kappa shape index (κ2) is 5.81. The van der Waals surface area contributed by atoms with Gasteiger partial charge in [0.25, 0.3) is 0 Å². The number of nitrogens with zero attached hydrogens (tertiary/aromatic N) is 1. The van der Waals surface area contributed by atoms with Crippen molar-refractivity contribution < 1.29 is 20.1 Å². The molecule has 1 fully saturated rings. The summed E-state index contributed by atoms with van der Waals surface area (Å²) in [4.78, 5) is 5.02. The SMILES string of the molecule is Brc1cc[c-]c(-c2nc3ccccc3c3c2C2CCC3C2)c1.[Ir]. The number of rotatable bonds is 1. The fourth-order valence-electron chi connectivity index (χ4n) is 4.39. The molecule has 0 spiro atoms. The third-order valence-electron chi connectivity index (χ3n) is 5.24. The fraction of sp³-hybridized carbons (Fsp3) is 0.250. The van der Waals surface area contributed by atoms with Gasteiger partial charge in [0.2, 0.25) is 0 Å². The van der Waals surface area contributed by atoms with Crippen LogP contribution >= 0.6 is 15.9 Å². The summed E-state index contributed by atoms with van der Waals surface area (Å²) in [5, 5.41) is 1.36. The molecule has 3 heteroatoms. The van der Waals surface area contributed by atoms with Gasteiger partial charge in [0.1, 0.15) is 0 Å². The molecule has 0 amide bonds. The molecule has 0 saturated heterocycles. The third kappa shape index (κ3) is 2.33. The standard InChI is InChI=1S/C20H15BrN.Ir/c21-15-5-3-4-14(11-15)20-19-13-9-8-12(10-13)18(19)16-6-1-2-7-17(16)22-20;/h1-3,5-7,11-13H,8-10H2;/q-1;. The molecule has 1 nitrogen and oxygen atoms in total. The van der Waals surface area contributed by atoms with E-state index in [9.17, 15) is 0 Å². The Kier molecular flexibility index (Phi) is 3.91. The molecule has 23 heavy (non-hydrogen) atoms. The van der Waals surface area contributed by atoms with Crippen molar-refractivity contribution in [3.63, 3.8) is 0 Å². The van der Waals surface area contributed by atoms with Crippen LogP contribution in [0.1, 0.15) is 42.2 Å². The van der Waals surface area contributed by atoms with Crippen LogP contribution in [-0.2, 0) is 20.1 Å². The van der Waals surface area contributed by atoms with E-state index in [1.165, 1.54) is 30.2 Å². The molecule has 2 unspecified atom stereocenters. The molecule has 1 radical (unpaired) electrons. The van der Waals surface area contributed by atoms with Crippen LogP contribution in [0.5, 0.6) is 0 Å². The van der Waals surface area contributed by atoms with Gasteiger partial charge in [-0.2, -0.15) is 0 Å². The number of hydrogen-bond acceptors (Lipinski definition) is 1. The van der Waals surface area contributed by atoms with Gasteiger partial charge in [-0.15, -0.1) is 29.8 Å². The van der Waals surface area contributed by atoms with Crippen molar-refractivity contribution in [1.29, 1.82) is 0 Å². The van der Waals surface area contributed by atoms with Crippen LogP contribution in [0.4, 0.5) is 0 Å². The van der Waals surface area contributed by atoms with E-state index in [1.807, 2.05) is 12.1 Å². The predicted molar refractivity (Wildman–Crippen MR) is 93.0 cm³/mol. The summed E-state index contributed by atoms with van der Waals surface area (Å²) in [6.07, 6.45) is 3.97. The van der Waals surface area contributed by atoms with Gasteiger partial charge in [-0.05, 0) is 48.4 Å². The Morgan fingerprint density at radius 2 is 1.83 bits per heavy atom. The minimum absolute atomic E-state index is 0. The van der Waals surface area contributed by atoms with E-state index in [0.717, 1.165) is 27.2 Å². The maximum Gasteiger partial charge on any atom is 0.0598 e.